The van der Waals surface area contributed by atoms with Crippen molar-refractivity contribution in [2.75, 3.05) is 29.7 Å². The number of rotatable bonds is 11. The van der Waals surface area contributed by atoms with Crippen LogP contribution in [0.2, 0.25) is 0 Å². The lowest BCUT2D eigenvalue weighted by molar-refractivity contribution is 0.0696. The Bertz CT molecular complexity index is 1180. The van der Waals surface area contributed by atoms with Gasteiger partial charge in [-0.15, -0.1) is 0 Å². The molecule has 0 bridgehead atoms. The summed E-state index contributed by atoms with van der Waals surface area (Å²) in [6.07, 6.45) is 7.92. The Morgan fingerprint density at radius 1 is 1.11 bits per heavy atom. The molecule has 0 amide bonds. The lowest BCUT2D eigenvalue weighted by Gasteiger charge is -2.27. The van der Waals surface area contributed by atoms with E-state index in [0.29, 0.717) is 30.6 Å². The van der Waals surface area contributed by atoms with Gasteiger partial charge in [0.2, 0.25) is 0 Å². The normalized spacial score (nSPS) is 19.0. The molecule has 0 radical (unpaired) electrons. The third-order valence-corrected chi connectivity index (χ3v) is 9.13. The number of fused-ring (bicyclic) bond motifs is 1. The molecule has 0 saturated carbocycles. The van der Waals surface area contributed by atoms with E-state index in [4.69, 9.17) is 0 Å². The summed E-state index contributed by atoms with van der Waals surface area (Å²) in [5, 5.41) is 13.2. The molecule has 4 rings (SSSR count). The number of aryl methyl sites for hydroxylation is 1. The van der Waals surface area contributed by atoms with Crippen molar-refractivity contribution in [1.29, 1.82) is 0 Å². The van der Waals surface area contributed by atoms with E-state index < -0.39 is 16.0 Å². The van der Waals surface area contributed by atoms with Gasteiger partial charge in [0.25, 0.3) is 10.0 Å². The first-order chi connectivity index (χ1) is 17.3. The van der Waals surface area contributed by atoms with Gasteiger partial charge in [-0.25, -0.2) is 13.2 Å². The molecule has 7 nitrogen and oxygen atoms in total. The van der Waals surface area contributed by atoms with Gasteiger partial charge in [0.15, 0.2) is 0 Å². The van der Waals surface area contributed by atoms with E-state index in [-0.39, 0.29) is 16.1 Å². The number of likely N-dealkylation sites (tertiary alicyclic amines) is 1. The first kappa shape index (κ1) is 26.5. The van der Waals surface area contributed by atoms with Crippen LogP contribution in [0, 0.1) is 5.92 Å². The molecule has 1 aliphatic heterocycles. The molecule has 8 heteroatoms. The minimum Gasteiger partial charge on any atom is -0.478 e. The summed E-state index contributed by atoms with van der Waals surface area (Å²) in [5.74, 6) is -0.425. The van der Waals surface area contributed by atoms with Crippen LogP contribution in [0.15, 0.2) is 41.3 Å². The van der Waals surface area contributed by atoms with Gasteiger partial charge < -0.3 is 15.3 Å². The fraction of sp³-hybridized carbons (Fsp3) is 0.536. The van der Waals surface area contributed by atoms with Crippen LogP contribution in [-0.4, -0.2) is 50.1 Å². The molecule has 1 saturated heterocycles. The minimum atomic E-state index is -3.99. The van der Waals surface area contributed by atoms with Crippen LogP contribution < -0.4 is 10.0 Å². The third kappa shape index (κ3) is 6.03. The average Bonchev–Trinajstić information content (AvgIpc) is 3.30. The standard InChI is InChI=1S/C28H39N3O4S/c1-3-20(2)19-31-18-8-10-22(31)16-17-29-24-12-6-7-13-26(24)36(34,35)30-25-15-14-21-9-4-5-11-23(21)27(25)28(32)33/h6-7,12-15,20,22,29-30H,3-5,8-11,16-19H2,1-2H3,(H,32,33)/t20?,22-/m0/s1. The number of sulfonamides is 1. The number of aromatic carboxylic acids is 1. The van der Waals surface area contributed by atoms with Gasteiger partial charge in [0, 0.05) is 19.1 Å². The topological polar surface area (TPSA) is 98.7 Å². The largest absolute Gasteiger partial charge is 0.478 e. The Kier molecular flexibility index (Phi) is 8.57. The highest BCUT2D eigenvalue weighted by Crippen LogP contribution is 2.32. The van der Waals surface area contributed by atoms with Crippen molar-refractivity contribution in [3.05, 3.63) is 53.1 Å². The zero-order valence-corrected chi connectivity index (χ0v) is 22.2. The molecule has 2 aliphatic rings. The van der Waals surface area contributed by atoms with Gasteiger partial charge in [0.1, 0.15) is 4.90 Å². The van der Waals surface area contributed by atoms with Crippen molar-refractivity contribution in [3.63, 3.8) is 0 Å². The van der Waals surface area contributed by atoms with Crippen molar-refractivity contribution in [3.8, 4) is 0 Å². The van der Waals surface area contributed by atoms with Crippen LogP contribution in [0.4, 0.5) is 11.4 Å². The number of nitrogens with one attached hydrogen (secondary N) is 2. The maximum atomic E-state index is 13.4. The van der Waals surface area contributed by atoms with Gasteiger partial charge in [-0.05, 0) is 86.7 Å². The van der Waals surface area contributed by atoms with Crippen LogP contribution >= 0.6 is 0 Å². The number of hydrogen-bond acceptors (Lipinski definition) is 5. The Balaban J connectivity index is 1.49. The monoisotopic (exact) mass is 513 g/mol. The number of nitrogens with zero attached hydrogens (tertiary/aromatic N) is 1. The van der Waals surface area contributed by atoms with Crippen molar-refractivity contribution in [1.82, 2.24) is 4.90 Å². The maximum absolute atomic E-state index is 13.4. The quantitative estimate of drug-likeness (QED) is 0.373. The van der Waals surface area contributed by atoms with Gasteiger partial charge >= 0.3 is 5.97 Å². The summed E-state index contributed by atoms with van der Waals surface area (Å²) in [7, 11) is -3.99. The molecule has 1 fully saturated rings. The van der Waals surface area contributed by atoms with Crippen LogP contribution in [0.5, 0.6) is 0 Å². The summed E-state index contributed by atoms with van der Waals surface area (Å²) in [4.78, 5) is 14.8. The van der Waals surface area contributed by atoms with E-state index in [1.165, 1.54) is 19.3 Å². The number of hydrogen-bond donors (Lipinski definition) is 3. The zero-order valence-electron chi connectivity index (χ0n) is 21.4. The molecule has 2 aromatic carbocycles. The average molecular weight is 514 g/mol. The smallest absolute Gasteiger partial charge is 0.338 e. The van der Waals surface area contributed by atoms with E-state index in [1.54, 1.807) is 24.3 Å². The van der Waals surface area contributed by atoms with Crippen LogP contribution in [0.3, 0.4) is 0 Å². The molecule has 1 unspecified atom stereocenters. The highest BCUT2D eigenvalue weighted by Gasteiger charge is 2.27. The Hall–Kier alpha value is -2.58. The number of carboxylic acids is 1. The van der Waals surface area contributed by atoms with Crippen molar-refractivity contribution in [2.45, 2.75) is 76.2 Å². The molecule has 1 heterocycles. The molecule has 1 aliphatic carbocycles. The number of carbonyl (C=O) groups is 1. The Morgan fingerprint density at radius 2 is 1.89 bits per heavy atom. The molecule has 36 heavy (non-hydrogen) atoms. The number of para-hydroxylation sites is 1. The van der Waals surface area contributed by atoms with Gasteiger partial charge in [-0.2, -0.15) is 0 Å². The molecule has 0 aromatic heterocycles. The molecular formula is C28H39N3O4S. The van der Waals surface area contributed by atoms with Crippen LogP contribution in [-0.2, 0) is 22.9 Å². The third-order valence-electron chi connectivity index (χ3n) is 7.70. The first-order valence-corrected chi connectivity index (χ1v) is 14.8. The van der Waals surface area contributed by atoms with Crippen LogP contribution in [0.25, 0.3) is 0 Å². The molecule has 0 spiro atoms. The molecule has 2 atom stereocenters. The van der Waals surface area contributed by atoms with E-state index in [2.05, 4.69) is 28.8 Å². The van der Waals surface area contributed by atoms with Crippen molar-refractivity contribution in [2.24, 2.45) is 5.92 Å². The lowest BCUT2D eigenvalue weighted by Crippen LogP contribution is -2.34. The molecular weight excluding hydrogens is 474 g/mol. The summed E-state index contributed by atoms with van der Waals surface area (Å²) >= 11 is 0. The van der Waals surface area contributed by atoms with Crippen LogP contribution in [0.1, 0.15) is 73.9 Å². The van der Waals surface area contributed by atoms with E-state index in [1.807, 2.05) is 12.1 Å². The number of carboxylic acid groups (broad SMARTS) is 1. The molecule has 196 valence electrons. The predicted octanol–water partition coefficient (Wildman–Crippen LogP) is 5.38. The predicted molar refractivity (Wildman–Crippen MR) is 144 cm³/mol. The molecule has 3 N–H and O–H groups in total. The number of benzene rings is 2. The number of anilines is 2. The zero-order chi connectivity index (χ0) is 25.7. The van der Waals surface area contributed by atoms with Crippen molar-refractivity contribution < 1.29 is 18.3 Å². The second-order valence-electron chi connectivity index (χ2n) is 10.3. The molecule has 2 aromatic rings. The second kappa shape index (κ2) is 11.6. The van der Waals surface area contributed by atoms with Gasteiger partial charge in [0.05, 0.1) is 16.9 Å². The highest BCUT2D eigenvalue weighted by atomic mass is 32.2. The first-order valence-electron chi connectivity index (χ1n) is 13.3. The Labute approximate surface area is 215 Å². The SMILES string of the molecule is CCC(C)CN1CCC[C@H]1CCNc1ccccc1S(=O)(=O)Nc1ccc2c(c1C(=O)O)CCCC2. The van der Waals surface area contributed by atoms with Gasteiger partial charge in [-0.1, -0.05) is 38.5 Å². The summed E-state index contributed by atoms with van der Waals surface area (Å²) in [5.41, 5.74) is 2.48. The van der Waals surface area contributed by atoms with E-state index in [9.17, 15) is 18.3 Å². The summed E-state index contributed by atoms with van der Waals surface area (Å²) in [6, 6.07) is 10.8. The van der Waals surface area contributed by atoms with E-state index >= 15 is 0 Å². The van der Waals surface area contributed by atoms with Crippen molar-refractivity contribution >= 4 is 27.4 Å². The highest BCUT2D eigenvalue weighted by molar-refractivity contribution is 7.92. The minimum absolute atomic E-state index is 0.0730. The Morgan fingerprint density at radius 3 is 2.67 bits per heavy atom. The fourth-order valence-electron chi connectivity index (χ4n) is 5.57. The lowest BCUT2D eigenvalue weighted by atomic mass is 9.87. The second-order valence-corrected chi connectivity index (χ2v) is 11.9. The van der Waals surface area contributed by atoms with E-state index in [0.717, 1.165) is 49.9 Å². The van der Waals surface area contributed by atoms with Gasteiger partial charge in [-0.3, -0.25) is 4.72 Å². The fourth-order valence-corrected chi connectivity index (χ4v) is 6.83. The maximum Gasteiger partial charge on any atom is 0.338 e. The summed E-state index contributed by atoms with van der Waals surface area (Å²) < 4.78 is 29.5. The summed E-state index contributed by atoms with van der Waals surface area (Å²) in [6.45, 7) is 7.44.